The van der Waals surface area contributed by atoms with E-state index in [0.717, 1.165) is 11.3 Å². The molecule has 2 aliphatic rings. The fraction of sp³-hybridized carbons (Fsp3) is 0.250. The molecule has 0 saturated carbocycles. The minimum Gasteiger partial charge on any atom is -0.343 e. The molecule has 2 atom stereocenters. The van der Waals surface area contributed by atoms with Crippen LogP contribution in [0.2, 0.25) is 0 Å². The molecule has 27 heavy (non-hydrogen) atoms. The Hall–Kier alpha value is -2.67. The first-order valence-corrected chi connectivity index (χ1v) is 9.70. The van der Waals surface area contributed by atoms with Crippen LogP contribution in [-0.4, -0.2) is 21.5 Å². The molecular weight excluding hydrogens is 365 g/mol. The molecule has 4 rings (SSSR count). The Kier molecular flexibility index (Phi) is 4.70. The van der Waals surface area contributed by atoms with E-state index in [1.54, 1.807) is 18.2 Å². The molecule has 0 saturated heterocycles. The van der Waals surface area contributed by atoms with Crippen molar-refractivity contribution in [3.63, 3.8) is 0 Å². The van der Waals surface area contributed by atoms with E-state index < -0.39 is 11.8 Å². The lowest BCUT2D eigenvalue weighted by molar-refractivity contribution is -0.122. The van der Waals surface area contributed by atoms with Gasteiger partial charge in [0.1, 0.15) is 17.4 Å². The van der Waals surface area contributed by atoms with Crippen molar-refractivity contribution in [1.29, 1.82) is 0 Å². The Bertz CT molecular complexity index is 997. The maximum atomic E-state index is 13.4. The number of H-pyrrole nitrogens is 1. The van der Waals surface area contributed by atoms with Gasteiger partial charge in [-0.3, -0.25) is 9.59 Å². The van der Waals surface area contributed by atoms with Crippen LogP contribution in [-0.2, 0) is 4.79 Å². The first-order chi connectivity index (χ1) is 13.1. The normalized spacial score (nSPS) is 20.9. The number of nitrogens with zero attached hydrogens (tertiary/aromatic N) is 1. The van der Waals surface area contributed by atoms with Crippen LogP contribution < -0.4 is 10.9 Å². The molecule has 2 heterocycles. The van der Waals surface area contributed by atoms with E-state index >= 15 is 0 Å². The number of hydrogen-bond donors (Lipinski definition) is 2. The molecule has 1 aliphatic heterocycles. The van der Waals surface area contributed by atoms with Crippen LogP contribution in [0.4, 0.5) is 10.2 Å². The second kappa shape index (κ2) is 7.15. The third-order valence-corrected chi connectivity index (χ3v) is 5.71. The summed E-state index contributed by atoms with van der Waals surface area (Å²) in [7, 11) is 0. The van der Waals surface area contributed by atoms with Crippen LogP contribution in [0.15, 0.2) is 58.6 Å². The van der Waals surface area contributed by atoms with Crippen LogP contribution in [0.5, 0.6) is 0 Å². The van der Waals surface area contributed by atoms with Crippen LogP contribution in [0.3, 0.4) is 0 Å². The number of thioether (sulfide) groups is 1. The molecule has 0 spiro atoms. The predicted molar refractivity (Wildman–Crippen MR) is 103 cm³/mol. The molecule has 0 bridgehead atoms. The van der Waals surface area contributed by atoms with Crippen LogP contribution in [0, 0.1) is 11.7 Å². The highest BCUT2D eigenvalue weighted by molar-refractivity contribution is 7.99. The van der Waals surface area contributed by atoms with Crippen molar-refractivity contribution in [2.24, 2.45) is 5.92 Å². The molecule has 0 radical (unpaired) electrons. The first kappa shape index (κ1) is 17.7. The molecule has 2 N–H and O–H groups in total. The summed E-state index contributed by atoms with van der Waals surface area (Å²) in [6, 6.07) is 5.97. The van der Waals surface area contributed by atoms with Gasteiger partial charge < -0.3 is 10.3 Å². The molecule has 138 valence electrons. The van der Waals surface area contributed by atoms with Gasteiger partial charge in [-0.05, 0) is 24.1 Å². The summed E-state index contributed by atoms with van der Waals surface area (Å²) >= 11 is 1.38. The molecule has 1 aromatic carbocycles. The summed E-state index contributed by atoms with van der Waals surface area (Å²) < 4.78 is 13.4. The monoisotopic (exact) mass is 383 g/mol. The third kappa shape index (κ3) is 3.23. The number of ketones is 1. The van der Waals surface area contributed by atoms with E-state index in [0.29, 0.717) is 35.1 Å². The Morgan fingerprint density at radius 1 is 1.26 bits per heavy atom. The number of benzene rings is 1. The molecule has 0 fully saturated rings. The van der Waals surface area contributed by atoms with E-state index in [9.17, 15) is 14.0 Å². The Morgan fingerprint density at radius 3 is 2.78 bits per heavy atom. The Morgan fingerprint density at radius 2 is 2.04 bits per heavy atom. The zero-order chi connectivity index (χ0) is 19.0. The van der Waals surface area contributed by atoms with E-state index in [2.05, 4.69) is 21.9 Å². The smallest absolute Gasteiger partial charge is 0.257 e. The second-order valence-electron chi connectivity index (χ2n) is 6.53. The molecule has 1 aliphatic carbocycles. The number of carbonyl (C=O) groups excluding carboxylic acids is 1. The van der Waals surface area contributed by atoms with Crippen LogP contribution in [0.25, 0.3) is 0 Å². The van der Waals surface area contributed by atoms with Gasteiger partial charge in [-0.2, -0.15) is 0 Å². The predicted octanol–water partition coefficient (Wildman–Crippen LogP) is 3.61. The van der Waals surface area contributed by atoms with Crippen molar-refractivity contribution in [3.05, 3.63) is 76.0 Å². The van der Waals surface area contributed by atoms with E-state index in [1.807, 2.05) is 6.08 Å². The number of carbonyl (C=O) groups is 1. The highest BCUT2D eigenvalue weighted by Crippen LogP contribution is 2.44. The lowest BCUT2D eigenvalue weighted by Crippen LogP contribution is -2.38. The maximum absolute atomic E-state index is 13.4. The molecule has 2 unspecified atom stereocenters. The van der Waals surface area contributed by atoms with Gasteiger partial charge in [0, 0.05) is 23.8 Å². The summed E-state index contributed by atoms with van der Waals surface area (Å²) in [5, 5.41) is 3.68. The van der Waals surface area contributed by atoms with Crippen LogP contribution >= 0.6 is 11.8 Å². The number of nitrogens with one attached hydrogen (secondary N) is 2. The number of allylic oxidation sites excluding steroid dienone is 2. The number of rotatable bonds is 4. The zero-order valence-electron chi connectivity index (χ0n) is 14.5. The number of aromatic amines is 1. The van der Waals surface area contributed by atoms with Crippen molar-refractivity contribution < 1.29 is 9.18 Å². The standard InChI is InChI=1S/C20H18FN3O2S/c1-2-10-27-20-23-18-17(19(26)24-20)15(11-6-8-12(21)9-7-11)16-13(22-18)4-3-5-14(16)25/h2,4,6-9,15-16H,1,3,5,10H2,(H2,22,23,24,26). The van der Waals surface area contributed by atoms with Gasteiger partial charge in [0.2, 0.25) is 0 Å². The number of aromatic nitrogens is 2. The number of anilines is 1. The number of Topliss-reactive ketones (excluding diaryl/α,β-unsaturated/α-hetero) is 1. The lowest BCUT2D eigenvalue weighted by Gasteiger charge is -2.36. The van der Waals surface area contributed by atoms with Crippen molar-refractivity contribution >= 4 is 23.4 Å². The zero-order valence-corrected chi connectivity index (χ0v) is 15.3. The summed E-state index contributed by atoms with van der Waals surface area (Å²) in [5.74, 6) is -0.183. The van der Waals surface area contributed by atoms with Gasteiger partial charge in [-0.15, -0.1) is 6.58 Å². The molecule has 7 heteroatoms. The van der Waals surface area contributed by atoms with Crippen LogP contribution in [0.1, 0.15) is 29.9 Å². The topological polar surface area (TPSA) is 74.8 Å². The molecule has 1 aromatic heterocycles. The fourth-order valence-electron chi connectivity index (χ4n) is 3.70. The quantitative estimate of drug-likeness (QED) is 0.479. The molecular formula is C20H18FN3O2S. The molecule has 5 nitrogen and oxygen atoms in total. The minimum absolute atomic E-state index is 0.0736. The summed E-state index contributed by atoms with van der Waals surface area (Å²) in [6.45, 7) is 3.67. The summed E-state index contributed by atoms with van der Waals surface area (Å²) in [4.78, 5) is 32.9. The highest BCUT2D eigenvalue weighted by Gasteiger charge is 2.42. The largest absolute Gasteiger partial charge is 0.343 e. The van der Waals surface area contributed by atoms with Gasteiger partial charge in [-0.1, -0.05) is 36.0 Å². The maximum Gasteiger partial charge on any atom is 0.257 e. The molecule has 0 amide bonds. The van der Waals surface area contributed by atoms with Crippen molar-refractivity contribution in [2.45, 2.75) is 23.9 Å². The summed E-state index contributed by atoms with van der Waals surface area (Å²) in [5.41, 5.74) is 1.63. The Labute approximate surface area is 159 Å². The van der Waals surface area contributed by atoms with E-state index in [1.165, 1.54) is 23.9 Å². The SMILES string of the molecule is C=CCSc1nc2c(c(=O)[nH]1)C(c1ccc(F)cc1)C1C(=O)CCC=C1N2. The fourth-order valence-corrected chi connectivity index (χ4v) is 4.30. The van der Waals surface area contributed by atoms with Gasteiger partial charge in [0.25, 0.3) is 5.56 Å². The van der Waals surface area contributed by atoms with Crippen molar-refractivity contribution in [2.75, 3.05) is 11.1 Å². The first-order valence-electron chi connectivity index (χ1n) is 8.71. The third-order valence-electron chi connectivity index (χ3n) is 4.84. The Balaban J connectivity index is 1.89. The van der Waals surface area contributed by atoms with Gasteiger partial charge in [0.05, 0.1) is 11.5 Å². The van der Waals surface area contributed by atoms with E-state index in [-0.39, 0.29) is 17.2 Å². The lowest BCUT2D eigenvalue weighted by atomic mass is 9.72. The van der Waals surface area contributed by atoms with Crippen molar-refractivity contribution in [1.82, 2.24) is 9.97 Å². The average molecular weight is 383 g/mol. The average Bonchev–Trinajstić information content (AvgIpc) is 2.65. The van der Waals surface area contributed by atoms with Gasteiger partial charge in [-0.25, -0.2) is 9.37 Å². The number of halogens is 1. The van der Waals surface area contributed by atoms with Crippen molar-refractivity contribution in [3.8, 4) is 0 Å². The second-order valence-corrected chi connectivity index (χ2v) is 7.54. The molecule has 2 aromatic rings. The van der Waals surface area contributed by atoms with E-state index in [4.69, 9.17) is 0 Å². The highest BCUT2D eigenvalue weighted by atomic mass is 32.2. The number of hydrogen-bond acceptors (Lipinski definition) is 5. The minimum atomic E-state index is -0.490. The van der Waals surface area contributed by atoms with Gasteiger partial charge >= 0.3 is 0 Å². The summed E-state index contributed by atoms with van der Waals surface area (Å²) in [6.07, 6.45) is 4.81. The van der Waals surface area contributed by atoms with Gasteiger partial charge in [0.15, 0.2) is 5.16 Å². The number of fused-ring (bicyclic) bond motifs is 2.